The number of benzene rings is 1. The van der Waals surface area contributed by atoms with Gasteiger partial charge in [-0.1, -0.05) is 43.9 Å². The van der Waals surface area contributed by atoms with Crippen LogP contribution in [-0.4, -0.2) is 33.3 Å². The number of para-hydroxylation sites is 1. The van der Waals surface area contributed by atoms with E-state index in [1.807, 2.05) is 30.3 Å². The van der Waals surface area contributed by atoms with Crippen LogP contribution in [0.1, 0.15) is 51.1 Å². The van der Waals surface area contributed by atoms with Crippen LogP contribution in [0.25, 0.3) is 0 Å². The minimum Gasteiger partial charge on any atom is -0.323 e. The second kappa shape index (κ2) is 7.94. The summed E-state index contributed by atoms with van der Waals surface area (Å²) in [5.41, 5.74) is 0.580. The summed E-state index contributed by atoms with van der Waals surface area (Å²) in [7, 11) is 0. The summed E-state index contributed by atoms with van der Waals surface area (Å²) in [6.45, 7) is 1.60. The van der Waals surface area contributed by atoms with Gasteiger partial charge in [-0.3, -0.25) is 19.4 Å². The highest BCUT2D eigenvalue weighted by Crippen LogP contribution is 2.34. The van der Waals surface area contributed by atoms with Crippen molar-refractivity contribution in [2.45, 2.75) is 57.5 Å². The molecule has 0 atom stereocenters. The van der Waals surface area contributed by atoms with Gasteiger partial charge < -0.3 is 5.32 Å². The van der Waals surface area contributed by atoms with Crippen LogP contribution in [0.15, 0.2) is 35.7 Å². The van der Waals surface area contributed by atoms with Crippen LogP contribution in [0, 0.1) is 0 Å². The molecule has 2 fully saturated rings. The number of nitrogens with zero attached hydrogens (tertiary/aromatic N) is 3. The van der Waals surface area contributed by atoms with E-state index in [0.717, 1.165) is 31.4 Å². The quantitative estimate of drug-likeness (QED) is 0.770. The van der Waals surface area contributed by atoms with Crippen LogP contribution in [0.4, 0.5) is 15.6 Å². The molecule has 1 saturated carbocycles. The summed E-state index contributed by atoms with van der Waals surface area (Å²) in [6.07, 6.45) is 5.49. The van der Waals surface area contributed by atoms with Crippen molar-refractivity contribution in [3.63, 3.8) is 0 Å². The molecule has 29 heavy (non-hydrogen) atoms. The molecule has 1 aliphatic carbocycles. The molecular weight excluding hydrogens is 388 g/mol. The van der Waals surface area contributed by atoms with Crippen molar-refractivity contribution in [1.29, 1.82) is 0 Å². The van der Waals surface area contributed by atoms with Gasteiger partial charge in [0.2, 0.25) is 5.91 Å². The number of urea groups is 1. The molecule has 4 rings (SSSR count). The van der Waals surface area contributed by atoms with E-state index in [1.54, 1.807) is 5.38 Å². The number of thiazole rings is 1. The summed E-state index contributed by atoms with van der Waals surface area (Å²) in [4.78, 5) is 45.2. The monoisotopic (exact) mass is 412 g/mol. The van der Waals surface area contributed by atoms with Gasteiger partial charge in [-0.05, 0) is 25.0 Å². The highest BCUT2D eigenvalue weighted by molar-refractivity contribution is 7.14. The fraction of sp³-hybridized carbons (Fsp3) is 0.429. The molecule has 1 aromatic carbocycles. The maximum atomic E-state index is 13.1. The zero-order valence-electron chi connectivity index (χ0n) is 16.4. The Kier molecular flexibility index (Phi) is 5.36. The van der Waals surface area contributed by atoms with E-state index >= 15 is 0 Å². The van der Waals surface area contributed by atoms with Gasteiger partial charge in [0.1, 0.15) is 5.54 Å². The molecule has 2 aromatic rings. The topological polar surface area (TPSA) is 82.6 Å². The van der Waals surface area contributed by atoms with Crippen LogP contribution in [-0.2, 0) is 16.1 Å². The van der Waals surface area contributed by atoms with Crippen molar-refractivity contribution in [2.24, 2.45) is 0 Å². The summed E-state index contributed by atoms with van der Waals surface area (Å²) >= 11 is 1.32. The van der Waals surface area contributed by atoms with E-state index in [2.05, 4.69) is 10.3 Å². The number of aromatic nitrogens is 1. The number of imide groups is 1. The first-order valence-corrected chi connectivity index (χ1v) is 10.8. The minimum absolute atomic E-state index is 0.115. The number of rotatable bonds is 4. The van der Waals surface area contributed by atoms with Crippen LogP contribution < -0.4 is 10.2 Å². The van der Waals surface area contributed by atoms with Gasteiger partial charge in [0, 0.05) is 12.3 Å². The average molecular weight is 413 g/mol. The van der Waals surface area contributed by atoms with Crippen molar-refractivity contribution in [3.05, 3.63) is 41.4 Å². The van der Waals surface area contributed by atoms with Crippen LogP contribution >= 0.6 is 11.3 Å². The number of carbonyl (C=O) groups excluding carboxylic acids is 3. The first kappa shape index (κ1) is 19.6. The molecule has 2 heterocycles. The first-order valence-electron chi connectivity index (χ1n) is 9.94. The second-order valence-corrected chi connectivity index (χ2v) is 8.47. The number of anilines is 2. The Bertz CT molecular complexity index is 919. The van der Waals surface area contributed by atoms with Crippen LogP contribution in [0.3, 0.4) is 0 Å². The zero-order valence-corrected chi connectivity index (χ0v) is 17.2. The average Bonchev–Trinajstić information content (AvgIpc) is 3.13. The molecule has 1 aliphatic heterocycles. The number of hydrogen-bond acceptors (Lipinski definition) is 5. The minimum atomic E-state index is -0.748. The molecule has 0 radical (unpaired) electrons. The van der Waals surface area contributed by atoms with E-state index in [-0.39, 0.29) is 24.4 Å². The van der Waals surface area contributed by atoms with Gasteiger partial charge in [0.15, 0.2) is 5.13 Å². The number of nitrogens with one attached hydrogen (secondary N) is 1. The summed E-state index contributed by atoms with van der Waals surface area (Å²) in [5, 5.41) is 5.27. The second-order valence-electron chi connectivity index (χ2n) is 7.63. The van der Waals surface area contributed by atoms with Crippen molar-refractivity contribution in [2.75, 3.05) is 4.90 Å². The van der Waals surface area contributed by atoms with Gasteiger partial charge in [0.05, 0.1) is 17.9 Å². The SMILES string of the molecule is CC(=O)N(c1ccccc1)c1nc(CN2C(=O)NC3(CCCCCC3)C2=O)cs1. The van der Waals surface area contributed by atoms with E-state index in [0.29, 0.717) is 23.7 Å². The third-order valence-electron chi connectivity index (χ3n) is 5.58. The predicted molar refractivity (Wildman–Crippen MR) is 111 cm³/mol. The molecule has 7 nitrogen and oxygen atoms in total. The van der Waals surface area contributed by atoms with Gasteiger partial charge in [-0.25, -0.2) is 9.78 Å². The first-order chi connectivity index (χ1) is 14.0. The van der Waals surface area contributed by atoms with E-state index in [1.165, 1.54) is 28.1 Å². The number of amides is 4. The number of carbonyl (C=O) groups is 3. The highest BCUT2D eigenvalue weighted by Gasteiger charge is 2.50. The van der Waals surface area contributed by atoms with Gasteiger partial charge >= 0.3 is 6.03 Å². The molecule has 2 aliphatic rings. The fourth-order valence-electron chi connectivity index (χ4n) is 4.13. The van der Waals surface area contributed by atoms with Crippen molar-refractivity contribution >= 4 is 40.0 Å². The van der Waals surface area contributed by atoms with Gasteiger partial charge in [0.25, 0.3) is 5.91 Å². The molecule has 0 bridgehead atoms. The van der Waals surface area contributed by atoms with Crippen LogP contribution in [0.2, 0.25) is 0 Å². The molecule has 1 spiro atoms. The largest absolute Gasteiger partial charge is 0.325 e. The van der Waals surface area contributed by atoms with E-state index in [9.17, 15) is 14.4 Å². The predicted octanol–water partition coefficient (Wildman–Crippen LogP) is 3.97. The van der Waals surface area contributed by atoms with Crippen molar-refractivity contribution < 1.29 is 14.4 Å². The Morgan fingerprint density at radius 3 is 2.52 bits per heavy atom. The Hall–Kier alpha value is -2.74. The standard InChI is InChI=1S/C21H24N4O3S/c1-15(26)25(17-9-5-4-6-10-17)20-22-16(14-29-20)13-24-18(27)21(23-19(24)28)11-7-2-3-8-12-21/h4-6,9-10,14H,2-3,7-8,11-13H2,1H3,(H,23,28). The Morgan fingerprint density at radius 1 is 1.17 bits per heavy atom. The zero-order chi connectivity index (χ0) is 20.4. The third kappa shape index (κ3) is 3.76. The van der Waals surface area contributed by atoms with E-state index in [4.69, 9.17) is 0 Å². The summed E-state index contributed by atoms with van der Waals surface area (Å²) in [5.74, 6) is -0.296. The lowest BCUT2D eigenvalue weighted by Gasteiger charge is -2.24. The van der Waals surface area contributed by atoms with Gasteiger partial charge in [-0.2, -0.15) is 0 Å². The molecule has 8 heteroatoms. The highest BCUT2D eigenvalue weighted by atomic mass is 32.1. The molecule has 0 unspecified atom stereocenters. The Morgan fingerprint density at radius 2 is 1.86 bits per heavy atom. The summed E-state index contributed by atoms with van der Waals surface area (Å²) in [6, 6.07) is 8.94. The lowest BCUT2D eigenvalue weighted by atomic mass is 9.90. The van der Waals surface area contributed by atoms with E-state index < -0.39 is 5.54 Å². The molecule has 1 N–H and O–H groups in total. The maximum absolute atomic E-state index is 13.1. The molecule has 1 saturated heterocycles. The fourth-order valence-corrected chi connectivity index (χ4v) is 5.01. The Balaban J connectivity index is 1.54. The lowest BCUT2D eigenvalue weighted by Crippen LogP contribution is -2.46. The molecule has 152 valence electrons. The lowest BCUT2D eigenvalue weighted by molar-refractivity contribution is -0.132. The third-order valence-corrected chi connectivity index (χ3v) is 6.46. The van der Waals surface area contributed by atoms with Gasteiger partial charge in [-0.15, -0.1) is 11.3 Å². The smallest absolute Gasteiger partial charge is 0.323 e. The normalized spacial score (nSPS) is 18.6. The summed E-state index contributed by atoms with van der Waals surface area (Å²) < 4.78 is 0. The number of hydrogen-bond donors (Lipinski definition) is 1. The molecule has 4 amide bonds. The van der Waals surface area contributed by atoms with Crippen LogP contribution in [0.5, 0.6) is 0 Å². The molecular formula is C21H24N4O3S. The Labute approximate surface area is 173 Å². The van der Waals surface area contributed by atoms with Crippen molar-refractivity contribution in [1.82, 2.24) is 15.2 Å². The maximum Gasteiger partial charge on any atom is 0.325 e. The molecule has 1 aromatic heterocycles. The van der Waals surface area contributed by atoms with Crippen molar-refractivity contribution in [3.8, 4) is 0 Å².